The van der Waals surface area contributed by atoms with Gasteiger partial charge in [-0.05, 0) is 35.4 Å². The highest BCUT2D eigenvalue weighted by atomic mass is 14.8. The molecule has 0 fully saturated rings. The van der Waals surface area contributed by atoms with Crippen molar-refractivity contribution < 1.29 is 0 Å². The van der Waals surface area contributed by atoms with Gasteiger partial charge in [0.1, 0.15) is 0 Å². The minimum Gasteiger partial charge on any atom is -0.0544 e. The van der Waals surface area contributed by atoms with Crippen molar-refractivity contribution in [1.29, 1.82) is 10.8 Å². The van der Waals surface area contributed by atoms with Crippen molar-refractivity contribution in [2.75, 3.05) is 0 Å². The lowest BCUT2D eigenvalue weighted by atomic mass is 10.1. The zero-order valence-electron chi connectivity index (χ0n) is 9.56. The van der Waals surface area contributed by atoms with Crippen LogP contribution in [0.25, 0.3) is 22.1 Å². The largest absolute Gasteiger partial charge is 0.385 e. The Labute approximate surface area is 104 Å². The molecule has 0 spiro atoms. The van der Waals surface area contributed by atoms with Gasteiger partial charge in [-0.1, -0.05) is 12.2 Å². The molecule has 0 atom stereocenters. The summed E-state index contributed by atoms with van der Waals surface area (Å²) in [4.78, 5) is 6.18. The molecule has 0 aromatic heterocycles. The van der Waals surface area contributed by atoms with Crippen LogP contribution < -0.4 is 0 Å². The van der Waals surface area contributed by atoms with E-state index < -0.39 is 0 Å². The van der Waals surface area contributed by atoms with E-state index in [1.807, 2.05) is 36.4 Å². The van der Waals surface area contributed by atoms with Crippen molar-refractivity contribution >= 4 is 23.5 Å². The second-order valence-electron chi connectivity index (χ2n) is 3.72. The van der Waals surface area contributed by atoms with Crippen LogP contribution in [-0.2, 0) is 0 Å². The number of hydrogen-bond acceptors (Lipinski definition) is 2. The van der Waals surface area contributed by atoms with Crippen LogP contribution in [0.4, 0.5) is 11.4 Å². The Balaban J connectivity index is 2.14. The lowest BCUT2D eigenvalue weighted by molar-refractivity contribution is 1.46. The van der Waals surface area contributed by atoms with Crippen LogP contribution in [0.5, 0.6) is 0 Å². The predicted octanol–water partition coefficient (Wildman–Crippen LogP) is 4.83. The topological polar surface area (TPSA) is 56.3 Å². The molecule has 2 aromatic rings. The van der Waals surface area contributed by atoms with E-state index in [-0.39, 0.29) is 0 Å². The Morgan fingerprint density at radius 1 is 0.611 bits per heavy atom. The molecule has 0 radical (unpaired) electrons. The Morgan fingerprint density at radius 2 is 0.944 bits per heavy atom. The molecule has 2 rings (SSSR count). The molecule has 0 aliphatic carbocycles. The molecule has 0 unspecified atom stereocenters. The van der Waals surface area contributed by atoms with Crippen molar-refractivity contribution in [3.63, 3.8) is 0 Å². The maximum absolute atomic E-state index is 8.56. The van der Waals surface area contributed by atoms with E-state index in [1.54, 1.807) is 24.3 Å². The summed E-state index contributed by atoms with van der Waals surface area (Å²) in [5.74, 6) is 0. The molecule has 0 aliphatic rings. The van der Waals surface area contributed by atoms with Crippen LogP contribution in [0.2, 0.25) is 0 Å². The Morgan fingerprint density at radius 3 is 1.22 bits per heavy atom. The normalized spacial score (nSPS) is 9.89. The molecule has 2 aromatic carbocycles. The van der Waals surface area contributed by atoms with Crippen molar-refractivity contribution in [3.8, 4) is 0 Å². The standard InChI is InChI=1S/C14H10N4/c15-17-13-7-3-11(4-8-13)1-2-12-5-9-14(18-16)10-6-12/h1-10H/q+2/b2-1+. The van der Waals surface area contributed by atoms with E-state index in [1.165, 1.54) is 0 Å². The number of benzene rings is 2. The quantitative estimate of drug-likeness (QED) is 0.552. The summed E-state index contributed by atoms with van der Waals surface area (Å²) in [6.07, 6.45) is 3.90. The molecule has 0 saturated carbocycles. The lowest BCUT2D eigenvalue weighted by Crippen LogP contribution is -1.72. The summed E-state index contributed by atoms with van der Waals surface area (Å²) in [7, 11) is 0. The van der Waals surface area contributed by atoms with Crippen LogP contribution >= 0.6 is 0 Å². The van der Waals surface area contributed by atoms with E-state index >= 15 is 0 Å². The zero-order valence-corrected chi connectivity index (χ0v) is 9.56. The van der Waals surface area contributed by atoms with Crippen LogP contribution in [-0.4, -0.2) is 0 Å². The molecule has 0 N–H and O–H groups in total. The minimum absolute atomic E-state index is 0.529. The van der Waals surface area contributed by atoms with Gasteiger partial charge in [-0.2, -0.15) is 0 Å². The summed E-state index contributed by atoms with van der Waals surface area (Å²) >= 11 is 0. The molecule has 0 amide bonds. The van der Waals surface area contributed by atoms with Gasteiger partial charge in [-0.15, -0.1) is 0 Å². The van der Waals surface area contributed by atoms with E-state index in [2.05, 4.69) is 9.95 Å². The first kappa shape index (κ1) is 11.5. The highest BCUT2D eigenvalue weighted by molar-refractivity contribution is 5.71. The number of nitrogens with zero attached hydrogens (tertiary/aromatic N) is 4. The van der Waals surface area contributed by atoms with Crippen molar-refractivity contribution in [2.24, 2.45) is 0 Å². The molecule has 0 bridgehead atoms. The van der Waals surface area contributed by atoms with E-state index in [4.69, 9.17) is 10.8 Å². The van der Waals surface area contributed by atoms with Gasteiger partial charge in [0, 0.05) is 24.3 Å². The maximum Gasteiger partial charge on any atom is 0.385 e. The fraction of sp³-hybridized carbons (Fsp3) is 0. The zero-order chi connectivity index (χ0) is 12.8. The molecule has 4 nitrogen and oxygen atoms in total. The average Bonchev–Trinajstić information content (AvgIpc) is 2.46. The van der Waals surface area contributed by atoms with E-state index in [0.717, 1.165) is 11.1 Å². The van der Waals surface area contributed by atoms with Gasteiger partial charge in [-0.3, -0.25) is 0 Å². The molecule has 0 heterocycles. The average molecular weight is 234 g/mol. The van der Waals surface area contributed by atoms with E-state index in [9.17, 15) is 0 Å². The first-order valence-electron chi connectivity index (χ1n) is 5.40. The fourth-order valence-corrected chi connectivity index (χ4v) is 1.50. The third kappa shape index (κ3) is 2.78. The first-order chi connectivity index (χ1) is 8.81. The molecule has 84 valence electrons. The number of rotatable bonds is 2. The lowest BCUT2D eigenvalue weighted by Gasteiger charge is -1.91. The van der Waals surface area contributed by atoms with Gasteiger partial charge in [0.15, 0.2) is 9.95 Å². The fourth-order valence-electron chi connectivity index (χ4n) is 1.50. The van der Waals surface area contributed by atoms with Gasteiger partial charge >= 0.3 is 11.4 Å². The third-order valence-electron chi connectivity index (χ3n) is 2.49. The van der Waals surface area contributed by atoms with Crippen molar-refractivity contribution in [1.82, 2.24) is 0 Å². The molecule has 0 saturated heterocycles. The van der Waals surface area contributed by atoms with Crippen LogP contribution in [0.3, 0.4) is 0 Å². The highest BCUT2D eigenvalue weighted by Gasteiger charge is 2.02. The van der Waals surface area contributed by atoms with Crippen molar-refractivity contribution in [3.05, 3.63) is 69.6 Å². The van der Waals surface area contributed by atoms with Gasteiger partial charge in [0.2, 0.25) is 10.8 Å². The van der Waals surface area contributed by atoms with Gasteiger partial charge in [0.25, 0.3) is 0 Å². The summed E-state index contributed by atoms with van der Waals surface area (Å²) in [6, 6.07) is 14.4. The number of diazo groups is 2. The molecular formula is C14H10N4+2. The second kappa shape index (κ2) is 5.38. The van der Waals surface area contributed by atoms with E-state index in [0.29, 0.717) is 11.4 Å². The Bertz CT molecular complexity index is 581. The summed E-state index contributed by atoms with van der Waals surface area (Å²) < 4.78 is 0. The third-order valence-corrected chi connectivity index (χ3v) is 2.49. The first-order valence-corrected chi connectivity index (χ1v) is 5.40. The SMILES string of the molecule is N#[N+]c1ccc(/C=C/c2ccc([N+]#N)cc2)cc1. The predicted molar refractivity (Wildman–Crippen MR) is 71.3 cm³/mol. The highest BCUT2D eigenvalue weighted by Crippen LogP contribution is 2.16. The van der Waals surface area contributed by atoms with Gasteiger partial charge in [0.05, 0.1) is 0 Å². The molecule has 0 aliphatic heterocycles. The minimum atomic E-state index is 0.529. The number of hydrogen-bond donors (Lipinski definition) is 0. The summed E-state index contributed by atoms with van der Waals surface area (Å²) in [6.45, 7) is 0. The smallest absolute Gasteiger partial charge is 0.0544 e. The second-order valence-corrected chi connectivity index (χ2v) is 3.72. The van der Waals surface area contributed by atoms with Crippen LogP contribution in [0.1, 0.15) is 11.1 Å². The monoisotopic (exact) mass is 234 g/mol. The molecule has 18 heavy (non-hydrogen) atoms. The maximum atomic E-state index is 8.56. The summed E-state index contributed by atoms with van der Waals surface area (Å²) in [5.41, 5.74) is 3.08. The van der Waals surface area contributed by atoms with Crippen LogP contribution in [0, 0.1) is 10.8 Å². The van der Waals surface area contributed by atoms with Gasteiger partial charge in [-0.25, -0.2) is 0 Å². The Kier molecular flexibility index (Phi) is 3.44. The van der Waals surface area contributed by atoms with Crippen molar-refractivity contribution in [2.45, 2.75) is 0 Å². The summed E-state index contributed by atoms with van der Waals surface area (Å²) in [5, 5.41) is 17.1. The van der Waals surface area contributed by atoms with Gasteiger partial charge < -0.3 is 0 Å². The molecular weight excluding hydrogens is 224 g/mol. The Hall–Kier alpha value is -2.98. The molecule has 4 heteroatoms. The van der Waals surface area contributed by atoms with Crippen LogP contribution in [0.15, 0.2) is 48.5 Å².